The van der Waals surface area contributed by atoms with Gasteiger partial charge in [-0.3, -0.25) is 0 Å². The van der Waals surface area contributed by atoms with E-state index in [1.54, 1.807) is 0 Å². The maximum absolute atomic E-state index is 12.0. The van der Waals surface area contributed by atoms with E-state index in [1.807, 2.05) is 6.92 Å². The second kappa shape index (κ2) is 6.58. The molecule has 11 heavy (non-hydrogen) atoms. The Morgan fingerprint density at radius 2 is 2.27 bits per heavy atom. The first-order chi connectivity index (χ1) is 5.18. The Morgan fingerprint density at radius 1 is 1.64 bits per heavy atom. The van der Waals surface area contributed by atoms with Gasteiger partial charge >= 0.3 is 5.97 Å². The third-order valence-electron chi connectivity index (χ3n) is 1.17. The van der Waals surface area contributed by atoms with E-state index >= 15 is 0 Å². The highest BCUT2D eigenvalue weighted by molar-refractivity contribution is 9.09. The largest absolute Gasteiger partial charge is 0.463 e. The number of halogens is 2. The SMILES string of the molecule is CCCCCOC(=O)[C@H](F)Br. The van der Waals surface area contributed by atoms with Crippen molar-refractivity contribution in [3.63, 3.8) is 0 Å². The van der Waals surface area contributed by atoms with E-state index in [1.165, 1.54) is 0 Å². The van der Waals surface area contributed by atoms with Crippen molar-refractivity contribution in [1.82, 2.24) is 0 Å². The van der Waals surface area contributed by atoms with Crippen molar-refractivity contribution in [2.75, 3.05) is 6.61 Å². The van der Waals surface area contributed by atoms with Gasteiger partial charge in [0.2, 0.25) is 0 Å². The quantitative estimate of drug-likeness (QED) is 0.409. The van der Waals surface area contributed by atoms with Crippen LogP contribution in [0.4, 0.5) is 4.39 Å². The fourth-order valence-corrected chi connectivity index (χ4v) is 0.720. The van der Waals surface area contributed by atoms with Gasteiger partial charge in [-0.1, -0.05) is 19.8 Å². The molecule has 0 unspecified atom stereocenters. The summed E-state index contributed by atoms with van der Waals surface area (Å²) in [4.78, 5) is 10.5. The standard InChI is InChI=1S/C7H12BrFO2/c1-2-3-4-5-11-7(10)6(8)9/h6H,2-5H2,1H3/t6-/m0/s1. The summed E-state index contributed by atoms with van der Waals surface area (Å²) in [6.07, 6.45) is 2.87. The van der Waals surface area contributed by atoms with Crippen molar-refractivity contribution in [3.8, 4) is 0 Å². The minimum Gasteiger partial charge on any atom is -0.463 e. The smallest absolute Gasteiger partial charge is 0.351 e. The highest BCUT2D eigenvalue weighted by atomic mass is 79.9. The third kappa shape index (κ3) is 6.28. The number of esters is 1. The molecule has 0 rings (SSSR count). The highest BCUT2D eigenvalue weighted by Crippen LogP contribution is 2.03. The molecular weight excluding hydrogens is 215 g/mol. The summed E-state index contributed by atoms with van der Waals surface area (Å²) in [6, 6.07) is 0. The molecule has 66 valence electrons. The normalized spacial score (nSPS) is 12.6. The number of unbranched alkanes of at least 4 members (excludes halogenated alkanes) is 2. The minimum absolute atomic E-state index is 0.318. The number of carbonyl (C=O) groups is 1. The van der Waals surface area contributed by atoms with Crippen LogP contribution >= 0.6 is 15.9 Å². The molecule has 0 heterocycles. The first kappa shape index (κ1) is 10.9. The number of hydrogen-bond donors (Lipinski definition) is 0. The first-order valence-corrected chi connectivity index (χ1v) is 4.54. The fourth-order valence-electron chi connectivity index (χ4n) is 0.588. The van der Waals surface area contributed by atoms with Crippen LogP contribution in [0.15, 0.2) is 0 Å². The molecule has 0 aromatic carbocycles. The highest BCUT2D eigenvalue weighted by Gasteiger charge is 2.13. The lowest BCUT2D eigenvalue weighted by molar-refractivity contribution is -0.145. The average molecular weight is 227 g/mol. The van der Waals surface area contributed by atoms with Crippen molar-refractivity contribution in [2.24, 2.45) is 0 Å². The summed E-state index contributed by atoms with van der Waals surface area (Å²) in [7, 11) is 0. The van der Waals surface area contributed by atoms with Crippen LogP contribution in [-0.2, 0) is 9.53 Å². The molecule has 0 aliphatic carbocycles. The molecule has 0 saturated carbocycles. The van der Waals surface area contributed by atoms with Crippen molar-refractivity contribution < 1.29 is 13.9 Å². The Kier molecular flexibility index (Phi) is 6.51. The van der Waals surface area contributed by atoms with Gasteiger partial charge in [-0.15, -0.1) is 0 Å². The van der Waals surface area contributed by atoms with Crippen LogP contribution in [0, 0.1) is 0 Å². The third-order valence-corrected chi connectivity index (χ3v) is 1.54. The first-order valence-electron chi connectivity index (χ1n) is 3.63. The molecule has 1 atom stereocenters. The summed E-state index contributed by atoms with van der Waals surface area (Å²) in [5, 5.41) is -1.68. The van der Waals surface area contributed by atoms with Crippen LogP contribution in [0.5, 0.6) is 0 Å². The zero-order chi connectivity index (χ0) is 8.69. The van der Waals surface area contributed by atoms with Gasteiger partial charge in [0.25, 0.3) is 5.08 Å². The van der Waals surface area contributed by atoms with E-state index < -0.39 is 11.1 Å². The molecule has 0 aliphatic rings. The second-order valence-electron chi connectivity index (χ2n) is 2.18. The summed E-state index contributed by atoms with van der Waals surface area (Å²) >= 11 is 2.47. The summed E-state index contributed by atoms with van der Waals surface area (Å²) < 4.78 is 16.6. The van der Waals surface area contributed by atoms with Gasteiger partial charge in [0.15, 0.2) is 0 Å². The zero-order valence-corrected chi connectivity index (χ0v) is 8.06. The van der Waals surface area contributed by atoms with Gasteiger partial charge < -0.3 is 4.74 Å². The van der Waals surface area contributed by atoms with E-state index in [2.05, 4.69) is 20.7 Å². The van der Waals surface area contributed by atoms with Crippen LogP contribution in [0.3, 0.4) is 0 Å². The molecule has 4 heteroatoms. The van der Waals surface area contributed by atoms with Crippen LogP contribution in [0.2, 0.25) is 0 Å². The van der Waals surface area contributed by atoms with Gasteiger partial charge in [-0.25, -0.2) is 9.18 Å². The average Bonchev–Trinajstić information content (AvgIpc) is 1.97. The van der Waals surface area contributed by atoms with Crippen molar-refractivity contribution in [2.45, 2.75) is 31.3 Å². The molecule has 0 aromatic rings. The molecule has 0 aliphatic heterocycles. The maximum atomic E-state index is 12.0. The summed E-state index contributed by atoms with van der Waals surface area (Å²) in [6.45, 7) is 2.36. The number of ether oxygens (including phenoxy) is 1. The second-order valence-corrected chi connectivity index (χ2v) is 2.98. The molecule has 2 nitrogen and oxygen atoms in total. The lowest BCUT2D eigenvalue weighted by Crippen LogP contribution is -2.13. The molecule has 0 fully saturated rings. The van der Waals surface area contributed by atoms with E-state index in [-0.39, 0.29) is 0 Å². The van der Waals surface area contributed by atoms with Crippen LogP contribution in [0.1, 0.15) is 26.2 Å². The van der Waals surface area contributed by atoms with Crippen LogP contribution < -0.4 is 0 Å². The monoisotopic (exact) mass is 226 g/mol. The van der Waals surface area contributed by atoms with Gasteiger partial charge in [-0.2, -0.15) is 0 Å². The summed E-state index contributed by atoms with van der Waals surface area (Å²) in [5.41, 5.74) is 0. The predicted molar refractivity (Wildman–Crippen MR) is 44.3 cm³/mol. The maximum Gasteiger partial charge on any atom is 0.351 e. The van der Waals surface area contributed by atoms with Crippen LogP contribution in [0.25, 0.3) is 0 Å². The van der Waals surface area contributed by atoms with E-state index in [9.17, 15) is 9.18 Å². The van der Waals surface area contributed by atoms with Crippen LogP contribution in [-0.4, -0.2) is 17.7 Å². The predicted octanol–water partition coefficient (Wildman–Crippen LogP) is 2.41. The molecule has 0 bridgehead atoms. The number of rotatable bonds is 5. The van der Waals surface area contributed by atoms with E-state index in [0.717, 1.165) is 19.3 Å². The lowest BCUT2D eigenvalue weighted by atomic mass is 10.3. The Labute approximate surface area is 74.2 Å². The van der Waals surface area contributed by atoms with Crippen molar-refractivity contribution >= 4 is 21.9 Å². The molecule has 0 spiro atoms. The zero-order valence-electron chi connectivity index (χ0n) is 6.48. The molecule has 0 aromatic heterocycles. The Morgan fingerprint density at radius 3 is 2.73 bits per heavy atom. The topological polar surface area (TPSA) is 26.3 Å². The van der Waals surface area contributed by atoms with Gasteiger partial charge in [0, 0.05) is 0 Å². The van der Waals surface area contributed by atoms with Gasteiger partial charge in [0.1, 0.15) is 0 Å². The number of alkyl halides is 2. The molecule has 0 saturated heterocycles. The van der Waals surface area contributed by atoms with Gasteiger partial charge in [0.05, 0.1) is 6.61 Å². The molecule has 0 amide bonds. The Balaban J connectivity index is 3.18. The Bertz CT molecular complexity index is 117. The lowest BCUT2D eigenvalue weighted by Gasteiger charge is -2.02. The number of hydrogen-bond acceptors (Lipinski definition) is 2. The molecule has 0 N–H and O–H groups in total. The van der Waals surface area contributed by atoms with E-state index in [0.29, 0.717) is 6.61 Å². The van der Waals surface area contributed by atoms with Gasteiger partial charge in [-0.05, 0) is 22.4 Å². The van der Waals surface area contributed by atoms with Crippen molar-refractivity contribution in [3.05, 3.63) is 0 Å². The summed E-state index contributed by atoms with van der Waals surface area (Å²) in [5.74, 6) is -0.832. The fraction of sp³-hybridized carbons (Fsp3) is 0.857. The number of carbonyl (C=O) groups excluding carboxylic acids is 1. The Hall–Kier alpha value is -0.120. The minimum atomic E-state index is -1.68. The van der Waals surface area contributed by atoms with E-state index in [4.69, 9.17) is 0 Å². The molecular formula is C7H12BrFO2. The molecule has 0 radical (unpaired) electrons. The van der Waals surface area contributed by atoms with Crippen molar-refractivity contribution in [1.29, 1.82) is 0 Å².